The number of anilines is 2. The molecular formula is C19H20FN3O4S. The summed E-state index contributed by atoms with van der Waals surface area (Å²) in [7, 11) is -4.20. The summed E-state index contributed by atoms with van der Waals surface area (Å²) < 4.78 is 41.8. The van der Waals surface area contributed by atoms with Gasteiger partial charge < -0.3 is 10.0 Å². The Labute approximate surface area is 162 Å². The summed E-state index contributed by atoms with van der Waals surface area (Å²) in [5.41, 5.74) is 1.61. The molecule has 2 aromatic rings. The molecule has 0 radical (unpaired) electrons. The zero-order chi connectivity index (χ0) is 19.9. The quantitative estimate of drug-likeness (QED) is 0.808. The van der Waals surface area contributed by atoms with Crippen molar-refractivity contribution in [2.45, 2.75) is 19.3 Å². The molecule has 1 fully saturated rings. The second-order valence-corrected chi connectivity index (χ2v) is 8.51. The van der Waals surface area contributed by atoms with E-state index in [1.165, 1.54) is 6.07 Å². The standard InChI is InChI=1S/C19H20FN3O4S/c20-18-14-7-4-9-22(10-8-13-5-2-1-3-6-13)15(14)11-16(24)19(18)23-12-17(25)21-28(23,26)27/h1-3,5-6,11,24H,4,7-10,12H2,(H,21,25). The number of nitrogens with one attached hydrogen (secondary N) is 1. The molecule has 0 atom stereocenters. The topological polar surface area (TPSA) is 90.0 Å². The van der Waals surface area contributed by atoms with Gasteiger partial charge in [-0.05, 0) is 24.8 Å². The van der Waals surface area contributed by atoms with Crippen LogP contribution in [0.1, 0.15) is 17.5 Å². The van der Waals surface area contributed by atoms with Gasteiger partial charge in [0.15, 0.2) is 5.82 Å². The fourth-order valence-corrected chi connectivity index (χ4v) is 4.93. The monoisotopic (exact) mass is 405 g/mol. The summed E-state index contributed by atoms with van der Waals surface area (Å²) >= 11 is 0. The minimum atomic E-state index is -4.20. The van der Waals surface area contributed by atoms with E-state index in [-0.39, 0.29) is 0 Å². The zero-order valence-electron chi connectivity index (χ0n) is 15.1. The second-order valence-electron chi connectivity index (χ2n) is 6.92. The first-order chi connectivity index (χ1) is 13.4. The summed E-state index contributed by atoms with van der Waals surface area (Å²) in [6.45, 7) is 0.820. The Bertz CT molecular complexity index is 1030. The number of hydrogen-bond acceptors (Lipinski definition) is 5. The van der Waals surface area contributed by atoms with Crippen LogP contribution in [0.4, 0.5) is 15.8 Å². The summed E-state index contributed by atoms with van der Waals surface area (Å²) in [4.78, 5) is 13.5. The van der Waals surface area contributed by atoms with Crippen LogP contribution in [-0.4, -0.2) is 39.1 Å². The molecule has 28 heavy (non-hydrogen) atoms. The summed E-state index contributed by atoms with van der Waals surface area (Å²) in [6, 6.07) is 11.3. The molecule has 9 heteroatoms. The van der Waals surface area contributed by atoms with E-state index in [1.807, 2.05) is 35.2 Å². The van der Waals surface area contributed by atoms with E-state index in [9.17, 15) is 18.3 Å². The molecule has 0 bridgehead atoms. The van der Waals surface area contributed by atoms with Crippen LogP contribution in [0.15, 0.2) is 36.4 Å². The Balaban J connectivity index is 1.67. The number of hydrogen-bond donors (Lipinski definition) is 2. The van der Waals surface area contributed by atoms with Crippen LogP contribution < -0.4 is 13.9 Å². The predicted molar refractivity (Wildman–Crippen MR) is 103 cm³/mol. The number of halogens is 1. The van der Waals surface area contributed by atoms with Crippen LogP contribution in [0.2, 0.25) is 0 Å². The van der Waals surface area contributed by atoms with Crippen LogP contribution in [0, 0.1) is 5.82 Å². The molecule has 0 aliphatic carbocycles. The molecule has 0 saturated carbocycles. The SMILES string of the molecule is O=C1CN(c2c(O)cc3c(c2F)CCCN3CCc2ccccc2)S(=O)(=O)N1. The average molecular weight is 405 g/mol. The Morgan fingerprint density at radius 1 is 1.21 bits per heavy atom. The lowest BCUT2D eigenvalue weighted by Crippen LogP contribution is -2.33. The molecule has 7 nitrogen and oxygen atoms in total. The first kappa shape index (κ1) is 18.5. The lowest BCUT2D eigenvalue weighted by atomic mass is 9.98. The highest BCUT2D eigenvalue weighted by Gasteiger charge is 2.39. The van der Waals surface area contributed by atoms with Gasteiger partial charge in [0.1, 0.15) is 18.0 Å². The summed E-state index contributed by atoms with van der Waals surface area (Å²) in [6.07, 6.45) is 1.92. The Kier molecular flexibility index (Phi) is 4.62. The van der Waals surface area contributed by atoms with Gasteiger partial charge in [0.05, 0.1) is 0 Å². The number of amides is 1. The number of nitrogens with zero attached hydrogens (tertiary/aromatic N) is 2. The van der Waals surface area contributed by atoms with E-state index >= 15 is 4.39 Å². The van der Waals surface area contributed by atoms with Crippen molar-refractivity contribution in [2.75, 3.05) is 28.8 Å². The maximum absolute atomic E-state index is 15.2. The van der Waals surface area contributed by atoms with Gasteiger partial charge in [-0.25, -0.2) is 13.4 Å². The molecule has 1 amide bonds. The van der Waals surface area contributed by atoms with Crippen LogP contribution in [-0.2, 0) is 27.8 Å². The summed E-state index contributed by atoms with van der Waals surface area (Å²) in [5, 5.41) is 10.4. The highest BCUT2D eigenvalue weighted by Crippen LogP contribution is 2.42. The van der Waals surface area contributed by atoms with Gasteiger partial charge >= 0.3 is 10.2 Å². The zero-order valence-corrected chi connectivity index (χ0v) is 15.9. The van der Waals surface area contributed by atoms with Gasteiger partial charge in [0.2, 0.25) is 0 Å². The Morgan fingerprint density at radius 2 is 1.96 bits per heavy atom. The van der Waals surface area contributed by atoms with Crippen LogP contribution in [0.3, 0.4) is 0 Å². The van der Waals surface area contributed by atoms with Crippen molar-refractivity contribution in [3.63, 3.8) is 0 Å². The van der Waals surface area contributed by atoms with Crippen molar-refractivity contribution in [1.82, 2.24) is 4.72 Å². The first-order valence-corrected chi connectivity index (χ1v) is 10.5. The third kappa shape index (κ3) is 3.26. The lowest BCUT2D eigenvalue weighted by Gasteiger charge is -2.33. The lowest BCUT2D eigenvalue weighted by molar-refractivity contribution is -0.117. The number of rotatable bonds is 4. The molecule has 148 valence electrons. The fourth-order valence-electron chi connectivity index (χ4n) is 3.76. The van der Waals surface area contributed by atoms with E-state index in [0.29, 0.717) is 34.9 Å². The van der Waals surface area contributed by atoms with E-state index in [4.69, 9.17) is 0 Å². The second kappa shape index (κ2) is 6.97. The molecule has 2 aliphatic rings. The highest BCUT2D eigenvalue weighted by atomic mass is 32.2. The minimum absolute atomic E-state index is 0.363. The maximum atomic E-state index is 15.2. The smallest absolute Gasteiger partial charge is 0.326 e. The van der Waals surface area contributed by atoms with E-state index in [1.54, 1.807) is 4.72 Å². The molecule has 4 rings (SSSR count). The van der Waals surface area contributed by atoms with Crippen LogP contribution >= 0.6 is 0 Å². The third-order valence-electron chi connectivity index (χ3n) is 5.08. The van der Waals surface area contributed by atoms with E-state index < -0.39 is 39.9 Å². The molecular weight excluding hydrogens is 385 g/mol. The van der Waals surface area contributed by atoms with Crippen molar-refractivity contribution in [2.24, 2.45) is 0 Å². The first-order valence-electron chi connectivity index (χ1n) is 9.03. The van der Waals surface area contributed by atoms with Crippen molar-refractivity contribution < 1.29 is 22.7 Å². The molecule has 2 N–H and O–H groups in total. The minimum Gasteiger partial charge on any atom is -0.506 e. The molecule has 2 heterocycles. The number of fused-ring (bicyclic) bond motifs is 1. The van der Waals surface area contributed by atoms with Gasteiger partial charge in [-0.2, -0.15) is 8.42 Å². The predicted octanol–water partition coefficient (Wildman–Crippen LogP) is 1.71. The number of benzene rings is 2. The highest BCUT2D eigenvalue weighted by molar-refractivity contribution is 7.92. The number of phenolic OH excluding ortho intramolecular Hbond substituents is 1. The van der Waals surface area contributed by atoms with Crippen molar-refractivity contribution in [3.05, 3.63) is 53.3 Å². The summed E-state index contributed by atoms with van der Waals surface area (Å²) in [5.74, 6) is -2.05. The third-order valence-corrected chi connectivity index (χ3v) is 6.45. The van der Waals surface area contributed by atoms with Crippen LogP contribution in [0.5, 0.6) is 5.75 Å². The Hall–Kier alpha value is -2.81. The Morgan fingerprint density at radius 3 is 2.64 bits per heavy atom. The van der Waals surface area contributed by atoms with Crippen molar-refractivity contribution in [3.8, 4) is 5.75 Å². The van der Waals surface area contributed by atoms with E-state index in [0.717, 1.165) is 18.5 Å². The van der Waals surface area contributed by atoms with Gasteiger partial charge in [-0.15, -0.1) is 0 Å². The number of carbonyl (C=O) groups excluding carboxylic acids is 1. The van der Waals surface area contributed by atoms with Gasteiger partial charge in [0.25, 0.3) is 5.91 Å². The van der Waals surface area contributed by atoms with E-state index in [2.05, 4.69) is 0 Å². The van der Waals surface area contributed by atoms with Gasteiger partial charge in [-0.3, -0.25) is 4.79 Å². The largest absolute Gasteiger partial charge is 0.506 e. The molecule has 2 aromatic carbocycles. The molecule has 0 unspecified atom stereocenters. The van der Waals surface area contributed by atoms with Gasteiger partial charge in [-0.1, -0.05) is 30.3 Å². The normalized spacial score (nSPS) is 18.1. The van der Waals surface area contributed by atoms with Crippen molar-refractivity contribution >= 4 is 27.5 Å². The molecule has 1 saturated heterocycles. The number of phenols is 1. The molecule has 0 spiro atoms. The van der Waals surface area contributed by atoms with Crippen molar-refractivity contribution in [1.29, 1.82) is 0 Å². The number of aromatic hydroxyl groups is 1. The number of carbonyl (C=O) groups is 1. The fraction of sp³-hybridized carbons (Fsp3) is 0.316. The average Bonchev–Trinajstić information content (AvgIpc) is 2.93. The van der Waals surface area contributed by atoms with Crippen LogP contribution in [0.25, 0.3) is 0 Å². The van der Waals surface area contributed by atoms with Gasteiger partial charge in [0, 0.05) is 30.4 Å². The maximum Gasteiger partial charge on any atom is 0.326 e. The molecule has 0 aromatic heterocycles. The molecule has 2 aliphatic heterocycles.